The SMILES string of the molecule is CC1(C)c2cc(N(c3ccccc3)c3ccc(-c4ccc5ccccc5c4)cc3)cc(N(c3ccccc3)c3ccc(-c4ccc5ccccc5c4)cc3)c2-c2c1ccc1c2C=CC1. The van der Waals surface area contributed by atoms with Gasteiger partial charge in [-0.3, -0.25) is 0 Å². The first-order chi connectivity index (χ1) is 31.5. The number of para-hydroxylation sites is 2. The highest BCUT2D eigenvalue weighted by atomic mass is 15.2. The molecule has 2 aliphatic carbocycles. The summed E-state index contributed by atoms with van der Waals surface area (Å²) in [5, 5.41) is 5.00. The summed E-state index contributed by atoms with van der Waals surface area (Å²) < 4.78 is 0. The lowest BCUT2D eigenvalue weighted by molar-refractivity contribution is 0.660. The maximum Gasteiger partial charge on any atom is 0.0564 e. The summed E-state index contributed by atoms with van der Waals surface area (Å²) in [4.78, 5) is 4.92. The second-order valence-electron chi connectivity index (χ2n) is 17.7. The fourth-order valence-corrected chi connectivity index (χ4v) is 10.3. The van der Waals surface area contributed by atoms with E-state index in [1.165, 1.54) is 77.2 Å². The molecule has 0 amide bonds. The topological polar surface area (TPSA) is 6.48 Å². The van der Waals surface area contributed by atoms with E-state index in [1.807, 2.05) is 0 Å². The molecular weight excluding hydrogens is 773 g/mol. The Hall–Kier alpha value is -7.94. The Balaban J connectivity index is 1.07. The molecule has 0 heterocycles. The van der Waals surface area contributed by atoms with Crippen molar-refractivity contribution >= 4 is 61.7 Å². The smallest absolute Gasteiger partial charge is 0.0564 e. The Kier molecular flexibility index (Phi) is 8.95. The van der Waals surface area contributed by atoms with Crippen LogP contribution in [0.4, 0.5) is 34.1 Å². The van der Waals surface area contributed by atoms with Crippen molar-refractivity contribution in [3.63, 3.8) is 0 Å². The van der Waals surface area contributed by atoms with E-state index in [2.05, 4.69) is 254 Å². The van der Waals surface area contributed by atoms with Crippen molar-refractivity contribution in [1.29, 1.82) is 0 Å². The summed E-state index contributed by atoms with van der Waals surface area (Å²) >= 11 is 0. The number of rotatable bonds is 8. The Morgan fingerprint density at radius 1 is 0.359 bits per heavy atom. The van der Waals surface area contributed by atoms with Crippen molar-refractivity contribution in [3.05, 3.63) is 247 Å². The number of anilines is 6. The third-order valence-electron chi connectivity index (χ3n) is 13.6. The van der Waals surface area contributed by atoms with Crippen LogP contribution in [0.2, 0.25) is 0 Å². The molecule has 0 N–H and O–H groups in total. The first-order valence-electron chi connectivity index (χ1n) is 22.4. The van der Waals surface area contributed by atoms with Crippen molar-refractivity contribution in [2.75, 3.05) is 9.80 Å². The summed E-state index contributed by atoms with van der Waals surface area (Å²) in [6.45, 7) is 4.82. The zero-order chi connectivity index (χ0) is 42.8. The van der Waals surface area contributed by atoms with Crippen LogP contribution < -0.4 is 9.80 Å². The van der Waals surface area contributed by atoms with E-state index in [-0.39, 0.29) is 5.41 Å². The van der Waals surface area contributed by atoms with E-state index < -0.39 is 0 Å². The third kappa shape index (κ3) is 6.33. The van der Waals surface area contributed by atoms with Gasteiger partial charge in [0.15, 0.2) is 0 Å². The minimum absolute atomic E-state index is 0.258. The highest BCUT2D eigenvalue weighted by molar-refractivity contribution is 6.01. The number of hydrogen-bond donors (Lipinski definition) is 0. The molecule has 0 spiro atoms. The molecule has 0 fully saturated rings. The standard InChI is InChI=1S/C62H46N2/c1-62(2)57-37-32-46-18-13-23-56(46)60(57)61-58(62)40-55(63(51-19-5-3-6-20-51)53-33-28-44(29-34-53)49-26-24-42-14-9-11-16-47(42)38-49)41-59(61)64(52-21-7-4-8-22-52)54-35-30-45(31-36-54)50-27-25-43-15-10-12-17-48(43)39-50/h3-17,19-41H,18H2,1-2H3. The van der Waals surface area contributed by atoms with E-state index in [4.69, 9.17) is 0 Å². The normalized spacial score (nSPS) is 13.2. The number of allylic oxidation sites excluding steroid dienone is 1. The van der Waals surface area contributed by atoms with Gasteiger partial charge in [0.25, 0.3) is 0 Å². The van der Waals surface area contributed by atoms with Crippen molar-refractivity contribution in [3.8, 4) is 33.4 Å². The van der Waals surface area contributed by atoms with Crippen molar-refractivity contribution in [2.45, 2.75) is 25.7 Å². The molecule has 64 heavy (non-hydrogen) atoms. The van der Waals surface area contributed by atoms with E-state index >= 15 is 0 Å². The second-order valence-corrected chi connectivity index (χ2v) is 17.7. The van der Waals surface area contributed by atoms with Crippen LogP contribution in [-0.4, -0.2) is 0 Å². The van der Waals surface area contributed by atoms with E-state index in [0.29, 0.717) is 0 Å². The predicted molar refractivity (Wildman–Crippen MR) is 272 cm³/mol. The number of nitrogens with zero attached hydrogens (tertiary/aromatic N) is 2. The molecule has 0 saturated carbocycles. The average Bonchev–Trinajstić information content (AvgIpc) is 3.93. The third-order valence-corrected chi connectivity index (χ3v) is 13.6. The molecule has 0 saturated heterocycles. The van der Waals surface area contributed by atoms with Gasteiger partial charge in [0.1, 0.15) is 0 Å². The molecule has 304 valence electrons. The van der Waals surface area contributed by atoms with Gasteiger partial charge in [-0.05, 0) is 151 Å². The van der Waals surface area contributed by atoms with Gasteiger partial charge >= 0.3 is 0 Å². The largest absolute Gasteiger partial charge is 0.310 e. The molecule has 12 rings (SSSR count). The first-order valence-corrected chi connectivity index (χ1v) is 22.4. The molecule has 0 aromatic heterocycles. The summed E-state index contributed by atoms with van der Waals surface area (Å²) in [6.07, 6.45) is 5.64. The van der Waals surface area contributed by atoms with Gasteiger partial charge < -0.3 is 9.80 Å². The van der Waals surface area contributed by atoms with Crippen molar-refractivity contribution < 1.29 is 0 Å². The zero-order valence-corrected chi connectivity index (χ0v) is 36.0. The van der Waals surface area contributed by atoms with Gasteiger partial charge in [0.05, 0.1) is 5.69 Å². The molecule has 0 bridgehead atoms. The Bertz CT molecular complexity index is 3420. The van der Waals surface area contributed by atoms with E-state index in [9.17, 15) is 0 Å². The average molecular weight is 819 g/mol. The fourth-order valence-electron chi connectivity index (χ4n) is 10.3. The predicted octanol–water partition coefficient (Wildman–Crippen LogP) is 17.1. The molecule has 10 aromatic carbocycles. The number of benzene rings is 10. The van der Waals surface area contributed by atoms with Crippen LogP contribution in [0, 0.1) is 0 Å². The van der Waals surface area contributed by atoms with Crippen LogP contribution in [0.5, 0.6) is 0 Å². The van der Waals surface area contributed by atoms with Gasteiger partial charge in [-0.15, -0.1) is 0 Å². The van der Waals surface area contributed by atoms with Crippen LogP contribution in [0.3, 0.4) is 0 Å². The lowest BCUT2D eigenvalue weighted by Crippen LogP contribution is -2.18. The van der Waals surface area contributed by atoms with Crippen LogP contribution >= 0.6 is 0 Å². The lowest BCUT2D eigenvalue weighted by Gasteiger charge is -2.33. The van der Waals surface area contributed by atoms with Crippen LogP contribution in [-0.2, 0) is 11.8 Å². The summed E-state index contributed by atoms with van der Waals surface area (Å²) in [5.74, 6) is 0. The molecule has 2 nitrogen and oxygen atoms in total. The zero-order valence-electron chi connectivity index (χ0n) is 36.0. The Morgan fingerprint density at radius 3 is 1.42 bits per heavy atom. The maximum atomic E-state index is 2.49. The molecule has 0 atom stereocenters. The number of hydrogen-bond acceptors (Lipinski definition) is 2. The number of fused-ring (bicyclic) bond motifs is 7. The molecule has 0 aliphatic heterocycles. The highest BCUT2D eigenvalue weighted by Crippen LogP contribution is 2.58. The molecule has 0 unspecified atom stereocenters. The van der Waals surface area contributed by atoms with Crippen LogP contribution in [0.1, 0.15) is 36.1 Å². The summed E-state index contributed by atoms with van der Waals surface area (Å²) in [6, 6.07) is 80.4. The van der Waals surface area contributed by atoms with Gasteiger partial charge in [0, 0.05) is 39.4 Å². The van der Waals surface area contributed by atoms with Gasteiger partial charge in [-0.2, -0.15) is 0 Å². The van der Waals surface area contributed by atoms with Crippen LogP contribution in [0.25, 0.3) is 61.0 Å². The monoisotopic (exact) mass is 818 g/mol. The molecule has 10 aromatic rings. The molecule has 2 aliphatic rings. The van der Waals surface area contributed by atoms with Crippen molar-refractivity contribution in [2.24, 2.45) is 0 Å². The highest BCUT2D eigenvalue weighted by Gasteiger charge is 2.41. The quantitative estimate of drug-likeness (QED) is 0.151. The molecule has 2 heteroatoms. The molecular formula is C62H46N2. The van der Waals surface area contributed by atoms with Crippen molar-refractivity contribution in [1.82, 2.24) is 0 Å². The van der Waals surface area contributed by atoms with E-state index in [0.717, 1.165) is 40.5 Å². The minimum atomic E-state index is -0.258. The van der Waals surface area contributed by atoms with Gasteiger partial charge in [0.2, 0.25) is 0 Å². The first kappa shape index (κ1) is 37.8. The van der Waals surface area contributed by atoms with Gasteiger partial charge in [-0.1, -0.05) is 172 Å². The maximum absolute atomic E-state index is 2.49. The lowest BCUT2D eigenvalue weighted by atomic mass is 9.81. The Morgan fingerprint density at radius 2 is 0.844 bits per heavy atom. The van der Waals surface area contributed by atoms with Gasteiger partial charge in [-0.25, -0.2) is 0 Å². The van der Waals surface area contributed by atoms with E-state index in [1.54, 1.807) is 0 Å². The summed E-state index contributed by atoms with van der Waals surface area (Å²) in [5.41, 5.74) is 19.3. The fraction of sp³-hybridized carbons (Fsp3) is 0.0645. The Labute approximate surface area is 375 Å². The van der Waals surface area contributed by atoms with Crippen LogP contribution in [0.15, 0.2) is 224 Å². The second kappa shape index (κ2) is 15.1. The molecule has 0 radical (unpaired) electrons. The minimum Gasteiger partial charge on any atom is -0.310 e. The summed E-state index contributed by atoms with van der Waals surface area (Å²) in [7, 11) is 0.